The first-order valence-corrected chi connectivity index (χ1v) is 7.79. The van der Waals surface area contributed by atoms with E-state index < -0.39 is 0 Å². The van der Waals surface area contributed by atoms with Crippen LogP contribution in [-0.4, -0.2) is 16.1 Å². The van der Waals surface area contributed by atoms with Crippen LogP contribution in [0.2, 0.25) is 10.0 Å². The molecule has 0 radical (unpaired) electrons. The van der Waals surface area contributed by atoms with Crippen LogP contribution in [-0.2, 0) is 0 Å². The molecule has 0 saturated heterocycles. The molecule has 5 nitrogen and oxygen atoms in total. The maximum Gasteiger partial charge on any atom is 0.256 e. The van der Waals surface area contributed by atoms with Crippen molar-refractivity contribution in [3.8, 4) is 0 Å². The second-order valence-corrected chi connectivity index (χ2v) is 5.72. The van der Waals surface area contributed by atoms with E-state index in [-0.39, 0.29) is 5.91 Å². The molecule has 1 amide bonds. The van der Waals surface area contributed by atoms with Gasteiger partial charge in [-0.05, 0) is 42.5 Å². The fraction of sp³-hybridized carbons (Fsp3) is 0. The van der Waals surface area contributed by atoms with E-state index in [0.717, 1.165) is 0 Å². The van der Waals surface area contributed by atoms with E-state index in [1.165, 1.54) is 0 Å². The van der Waals surface area contributed by atoms with Gasteiger partial charge < -0.3 is 10.6 Å². The molecule has 0 aliphatic heterocycles. The van der Waals surface area contributed by atoms with E-state index in [9.17, 15) is 4.79 Å². The van der Waals surface area contributed by atoms with Crippen molar-refractivity contribution in [3.63, 3.8) is 0 Å². The number of halogens is 2. The lowest BCUT2D eigenvalue weighted by molar-refractivity contribution is 0.102. The first-order chi connectivity index (χ1) is 11.6. The van der Waals surface area contributed by atoms with E-state index in [2.05, 4.69) is 20.8 Å². The Balaban J connectivity index is 1.68. The number of hydrogen-bond donors (Lipinski definition) is 2. The Morgan fingerprint density at radius 3 is 2.25 bits per heavy atom. The maximum atomic E-state index is 12.0. The van der Waals surface area contributed by atoms with Crippen molar-refractivity contribution in [1.82, 2.24) is 10.2 Å². The van der Waals surface area contributed by atoms with Gasteiger partial charge in [-0.3, -0.25) is 4.79 Å². The summed E-state index contributed by atoms with van der Waals surface area (Å²) in [6.07, 6.45) is 0. The largest absolute Gasteiger partial charge is 0.338 e. The number of carbonyl (C=O) groups excluding carboxylic acids is 1. The van der Waals surface area contributed by atoms with Gasteiger partial charge >= 0.3 is 0 Å². The minimum Gasteiger partial charge on any atom is -0.338 e. The summed E-state index contributed by atoms with van der Waals surface area (Å²) in [5.41, 5.74) is 1.21. The zero-order valence-electron chi connectivity index (χ0n) is 12.3. The normalized spacial score (nSPS) is 10.2. The number of nitrogens with zero attached hydrogens (tertiary/aromatic N) is 2. The first-order valence-electron chi connectivity index (χ1n) is 7.04. The lowest BCUT2D eigenvalue weighted by atomic mass is 10.2. The molecule has 0 saturated carbocycles. The van der Waals surface area contributed by atoms with Crippen molar-refractivity contribution in [2.45, 2.75) is 0 Å². The van der Waals surface area contributed by atoms with E-state index in [4.69, 9.17) is 23.2 Å². The van der Waals surface area contributed by atoms with Gasteiger partial charge in [-0.1, -0.05) is 41.4 Å². The van der Waals surface area contributed by atoms with Crippen molar-refractivity contribution in [2.24, 2.45) is 0 Å². The highest BCUT2D eigenvalue weighted by Crippen LogP contribution is 2.27. The molecule has 0 unspecified atom stereocenters. The molecule has 2 N–H and O–H groups in total. The van der Waals surface area contributed by atoms with Gasteiger partial charge in [0.05, 0.1) is 10.7 Å². The summed E-state index contributed by atoms with van der Waals surface area (Å²) >= 11 is 12.0. The fourth-order valence-corrected chi connectivity index (χ4v) is 2.43. The van der Waals surface area contributed by atoms with Gasteiger partial charge in [-0.15, -0.1) is 10.2 Å². The van der Waals surface area contributed by atoms with Crippen LogP contribution >= 0.6 is 23.2 Å². The minimum absolute atomic E-state index is 0.244. The minimum atomic E-state index is -0.244. The SMILES string of the molecule is O=C(Nc1ccc(Nc2ccc(Cl)cc2Cl)nn1)c1ccccc1. The molecule has 0 aliphatic rings. The summed E-state index contributed by atoms with van der Waals surface area (Å²) in [5, 5.41) is 14.7. The topological polar surface area (TPSA) is 66.9 Å². The van der Waals surface area contributed by atoms with Crippen molar-refractivity contribution in [2.75, 3.05) is 10.6 Å². The number of rotatable bonds is 4. The van der Waals surface area contributed by atoms with Crippen LogP contribution in [0.15, 0.2) is 60.7 Å². The number of benzene rings is 2. The molecular weight excluding hydrogens is 347 g/mol. The summed E-state index contributed by atoms with van der Waals surface area (Å²) in [6, 6.07) is 17.3. The molecule has 120 valence electrons. The molecule has 0 aliphatic carbocycles. The fourth-order valence-electron chi connectivity index (χ4n) is 1.97. The number of nitrogens with one attached hydrogen (secondary N) is 2. The number of hydrogen-bond acceptors (Lipinski definition) is 4. The smallest absolute Gasteiger partial charge is 0.256 e. The molecule has 7 heteroatoms. The number of amides is 1. The highest BCUT2D eigenvalue weighted by Gasteiger charge is 2.07. The summed E-state index contributed by atoms with van der Waals surface area (Å²) < 4.78 is 0. The second-order valence-electron chi connectivity index (χ2n) is 4.87. The highest BCUT2D eigenvalue weighted by atomic mass is 35.5. The van der Waals surface area contributed by atoms with E-state index in [1.807, 2.05) is 6.07 Å². The number of carbonyl (C=O) groups is 1. The van der Waals surface area contributed by atoms with Crippen LogP contribution in [0.5, 0.6) is 0 Å². The third-order valence-electron chi connectivity index (χ3n) is 3.14. The molecule has 0 spiro atoms. The van der Waals surface area contributed by atoms with Crippen LogP contribution in [0, 0.1) is 0 Å². The van der Waals surface area contributed by atoms with Crippen molar-refractivity contribution < 1.29 is 4.79 Å². The van der Waals surface area contributed by atoms with Crippen LogP contribution in [0.25, 0.3) is 0 Å². The lowest BCUT2D eigenvalue weighted by Gasteiger charge is -2.08. The molecule has 0 bridgehead atoms. The standard InChI is InChI=1S/C17H12Cl2N4O/c18-12-6-7-14(13(19)10-12)20-15-8-9-16(23-22-15)21-17(24)11-4-2-1-3-5-11/h1-10H,(H,20,22)(H,21,23,24). The molecule has 24 heavy (non-hydrogen) atoms. The van der Waals surface area contributed by atoms with Crippen LogP contribution in [0.4, 0.5) is 17.3 Å². The molecule has 3 aromatic rings. The summed E-state index contributed by atoms with van der Waals surface area (Å²) in [6.45, 7) is 0. The Morgan fingerprint density at radius 2 is 1.58 bits per heavy atom. The van der Waals surface area contributed by atoms with Gasteiger partial charge in [-0.25, -0.2) is 0 Å². The monoisotopic (exact) mass is 358 g/mol. The first kappa shape index (κ1) is 16.2. The molecule has 0 atom stereocenters. The average Bonchev–Trinajstić information content (AvgIpc) is 2.60. The Bertz CT molecular complexity index is 854. The quantitative estimate of drug-likeness (QED) is 0.704. The Kier molecular flexibility index (Phi) is 4.93. The third-order valence-corrected chi connectivity index (χ3v) is 3.68. The predicted molar refractivity (Wildman–Crippen MR) is 96.2 cm³/mol. The molecule has 1 aromatic heterocycles. The molecular formula is C17H12Cl2N4O. The van der Waals surface area contributed by atoms with Crippen LogP contribution < -0.4 is 10.6 Å². The van der Waals surface area contributed by atoms with Gasteiger partial charge in [-0.2, -0.15) is 0 Å². The number of aromatic nitrogens is 2. The zero-order chi connectivity index (χ0) is 16.9. The van der Waals surface area contributed by atoms with Gasteiger partial charge in [0, 0.05) is 10.6 Å². The average molecular weight is 359 g/mol. The van der Waals surface area contributed by atoms with Crippen LogP contribution in [0.1, 0.15) is 10.4 Å². The molecule has 3 rings (SSSR count). The molecule has 0 fully saturated rings. The van der Waals surface area contributed by atoms with E-state index in [1.54, 1.807) is 54.6 Å². The summed E-state index contributed by atoms with van der Waals surface area (Å²) in [4.78, 5) is 12.0. The lowest BCUT2D eigenvalue weighted by Crippen LogP contribution is -2.13. The van der Waals surface area contributed by atoms with Crippen LogP contribution in [0.3, 0.4) is 0 Å². The maximum absolute atomic E-state index is 12.0. The van der Waals surface area contributed by atoms with Crippen molar-refractivity contribution in [3.05, 3.63) is 76.3 Å². The zero-order valence-corrected chi connectivity index (χ0v) is 13.8. The van der Waals surface area contributed by atoms with Gasteiger partial charge in [0.2, 0.25) is 0 Å². The summed E-state index contributed by atoms with van der Waals surface area (Å²) in [5.74, 6) is 0.611. The van der Waals surface area contributed by atoms with Gasteiger partial charge in [0.15, 0.2) is 11.6 Å². The van der Waals surface area contributed by atoms with Gasteiger partial charge in [0.1, 0.15) is 0 Å². The molecule has 2 aromatic carbocycles. The Hall–Kier alpha value is -2.63. The van der Waals surface area contributed by atoms with E-state index in [0.29, 0.717) is 32.9 Å². The highest BCUT2D eigenvalue weighted by molar-refractivity contribution is 6.36. The summed E-state index contributed by atoms with van der Waals surface area (Å²) in [7, 11) is 0. The van der Waals surface area contributed by atoms with E-state index >= 15 is 0 Å². The molecule has 1 heterocycles. The Labute approximate surface area is 148 Å². The van der Waals surface area contributed by atoms with Crippen molar-refractivity contribution in [1.29, 1.82) is 0 Å². The van der Waals surface area contributed by atoms with Crippen molar-refractivity contribution >= 4 is 46.4 Å². The number of anilines is 3. The third kappa shape index (κ3) is 4.01. The Morgan fingerprint density at radius 1 is 0.875 bits per heavy atom. The predicted octanol–water partition coefficient (Wildman–Crippen LogP) is 4.78. The second kappa shape index (κ2) is 7.29. The van der Waals surface area contributed by atoms with Gasteiger partial charge in [0.25, 0.3) is 5.91 Å².